The molecule has 1 saturated carbocycles. The molecule has 0 bridgehead atoms. The van der Waals surface area contributed by atoms with Gasteiger partial charge in [-0.3, -0.25) is 14.7 Å². The van der Waals surface area contributed by atoms with Crippen LogP contribution in [0.4, 0.5) is 10.6 Å². The van der Waals surface area contributed by atoms with Gasteiger partial charge >= 0.3 is 6.09 Å². The summed E-state index contributed by atoms with van der Waals surface area (Å²) in [5, 5.41) is 21.7. The average Bonchev–Trinajstić information content (AvgIpc) is 3.42. The van der Waals surface area contributed by atoms with E-state index in [0.29, 0.717) is 23.2 Å². The number of nitrogens with zero attached hydrogens (tertiary/aromatic N) is 2. The van der Waals surface area contributed by atoms with E-state index in [0.717, 1.165) is 43.4 Å². The minimum Gasteiger partial charge on any atom is -0.465 e. The number of hydrogen-bond acceptors (Lipinski definition) is 4. The Balaban J connectivity index is 1.50. The van der Waals surface area contributed by atoms with Crippen molar-refractivity contribution in [3.8, 4) is 0 Å². The van der Waals surface area contributed by atoms with Gasteiger partial charge in [0.2, 0.25) is 5.91 Å². The minimum atomic E-state index is -0.969. The Morgan fingerprint density at radius 3 is 2.58 bits per heavy atom. The van der Waals surface area contributed by atoms with Crippen LogP contribution in [0, 0.1) is 5.92 Å². The molecule has 3 unspecified atom stereocenters. The smallest absolute Gasteiger partial charge is 0.404 e. The van der Waals surface area contributed by atoms with Crippen molar-refractivity contribution in [3.05, 3.63) is 47.2 Å². The Hall–Kier alpha value is -3.36. The van der Waals surface area contributed by atoms with Gasteiger partial charge in [-0.05, 0) is 55.7 Å². The molecule has 9 heteroatoms. The SMILES string of the molecule is CCC(CC1CCC(c2cc(NC(=O)Cc3ccc(C(=O)N(C)C)cc3)n[nH]2)C1)NC(=O)O. The van der Waals surface area contributed by atoms with Gasteiger partial charge in [0.25, 0.3) is 5.91 Å². The molecule has 1 aliphatic carbocycles. The van der Waals surface area contributed by atoms with Crippen LogP contribution in [0.5, 0.6) is 0 Å². The fraction of sp³-hybridized carbons (Fsp3) is 0.500. The second-order valence-electron chi connectivity index (χ2n) is 9.00. The molecule has 0 saturated heterocycles. The van der Waals surface area contributed by atoms with Crippen molar-refractivity contribution in [2.24, 2.45) is 5.92 Å². The predicted octanol–water partition coefficient (Wildman–Crippen LogP) is 3.61. The van der Waals surface area contributed by atoms with Crippen molar-refractivity contribution >= 4 is 23.7 Å². The van der Waals surface area contributed by atoms with E-state index in [9.17, 15) is 14.4 Å². The molecule has 3 amide bonds. The van der Waals surface area contributed by atoms with Gasteiger partial charge in [0.05, 0.1) is 6.42 Å². The van der Waals surface area contributed by atoms with Crippen molar-refractivity contribution in [1.29, 1.82) is 0 Å². The third-order valence-electron chi connectivity index (χ3n) is 6.26. The first-order valence-corrected chi connectivity index (χ1v) is 11.4. The van der Waals surface area contributed by atoms with Crippen molar-refractivity contribution in [2.45, 2.75) is 57.4 Å². The molecule has 0 spiro atoms. The van der Waals surface area contributed by atoms with Gasteiger partial charge in [-0.25, -0.2) is 4.79 Å². The maximum absolute atomic E-state index is 12.4. The number of aromatic nitrogens is 2. The number of H-pyrrole nitrogens is 1. The highest BCUT2D eigenvalue weighted by molar-refractivity contribution is 5.94. The molecule has 1 aromatic carbocycles. The number of nitrogens with one attached hydrogen (secondary N) is 3. The molecule has 3 rings (SSSR count). The third-order valence-corrected chi connectivity index (χ3v) is 6.26. The fourth-order valence-electron chi connectivity index (χ4n) is 4.48. The van der Waals surface area contributed by atoms with Crippen LogP contribution in [0.25, 0.3) is 0 Å². The maximum Gasteiger partial charge on any atom is 0.404 e. The number of carbonyl (C=O) groups is 3. The first-order chi connectivity index (χ1) is 15.7. The summed E-state index contributed by atoms with van der Waals surface area (Å²) in [6, 6.07) is 8.89. The van der Waals surface area contributed by atoms with Gasteiger partial charge in [-0.15, -0.1) is 0 Å². The van der Waals surface area contributed by atoms with Crippen molar-refractivity contribution in [3.63, 3.8) is 0 Å². The Labute approximate surface area is 193 Å². The molecule has 2 aromatic rings. The van der Waals surface area contributed by atoms with Gasteiger partial charge in [0.15, 0.2) is 5.82 Å². The Morgan fingerprint density at radius 2 is 1.94 bits per heavy atom. The van der Waals surface area contributed by atoms with Crippen LogP contribution in [0.1, 0.15) is 66.6 Å². The fourth-order valence-corrected chi connectivity index (χ4v) is 4.48. The van der Waals surface area contributed by atoms with E-state index in [4.69, 9.17) is 5.11 Å². The summed E-state index contributed by atoms with van der Waals surface area (Å²) in [6.45, 7) is 1.99. The van der Waals surface area contributed by atoms with Crippen LogP contribution < -0.4 is 10.6 Å². The Kier molecular flexibility index (Phi) is 8.08. The monoisotopic (exact) mass is 455 g/mol. The number of benzene rings is 1. The number of amides is 3. The van der Waals surface area contributed by atoms with E-state index in [1.807, 2.05) is 13.0 Å². The summed E-state index contributed by atoms with van der Waals surface area (Å²) in [5.41, 5.74) is 2.40. The topological polar surface area (TPSA) is 127 Å². The quantitative estimate of drug-likeness (QED) is 0.459. The molecule has 1 aromatic heterocycles. The summed E-state index contributed by atoms with van der Waals surface area (Å²) >= 11 is 0. The van der Waals surface area contributed by atoms with Crippen LogP contribution in [-0.2, 0) is 11.2 Å². The lowest BCUT2D eigenvalue weighted by Crippen LogP contribution is -2.34. The molecular weight excluding hydrogens is 422 g/mol. The van der Waals surface area contributed by atoms with Gasteiger partial charge in [0.1, 0.15) is 0 Å². The van der Waals surface area contributed by atoms with E-state index in [1.165, 1.54) is 4.90 Å². The lowest BCUT2D eigenvalue weighted by Gasteiger charge is -2.19. The standard InChI is InChI=1S/C24H33N5O4/c1-4-19(25-24(32)33)12-16-7-10-18(11-16)20-14-21(28-27-20)26-22(30)13-15-5-8-17(9-6-15)23(31)29(2)3/h5-6,8-9,14,16,18-19,25H,4,7,10-13H2,1-3H3,(H,32,33)(H2,26,27,28,30). The number of rotatable bonds is 9. The summed E-state index contributed by atoms with van der Waals surface area (Å²) < 4.78 is 0. The molecule has 9 nitrogen and oxygen atoms in total. The maximum atomic E-state index is 12.4. The van der Waals surface area contributed by atoms with Gasteiger partial charge < -0.3 is 20.6 Å². The molecule has 1 aliphatic rings. The van der Waals surface area contributed by atoms with Crippen LogP contribution in [-0.4, -0.2) is 58.2 Å². The van der Waals surface area contributed by atoms with E-state index < -0.39 is 6.09 Å². The first-order valence-electron chi connectivity index (χ1n) is 11.4. The number of carbonyl (C=O) groups excluding carboxylic acids is 2. The average molecular weight is 456 g/mol. The second-order valence-corrected chi connectivity index (χ2v) is 9.00. The zero-order chi connectivity index (χ0) is 24.0. The highest BCUT2D eigenvalue weighted by Crippen LogP contribution is 2.40. The number of aromatic amines is 1. The number of hydrogen-bond donors (Lipinski definition) is 4. The first kappa shape index (κ1) is 24.3. The molecule has 0 aliphatic heterocycles. The van der Waals surface area contributed by atoms with Crippen molar-refractivity contribution < 1.29 is 19.5 Å². The van der Waals surface area contributed by atoms with Crippen LogP contribution in [0.15, 0.2) is 30.3 Å². The summed E-state index contributed by atoms with van der Waals surface area (Å²) in [5.74, 6) is 1.05. The largest absolute Gasteiger partial charge is 0.465 e. The molecule has 178 valence electrons. The number of anilines is 1. The highest BCUT2D eigenvalue weighted by Gasteiger charge is 2.29. The van der Waals surface area contributed by atoms with E-state index >= 15 is 0 Å². The summed E-state index contributed by atoms with van der Waals surface area (Å²) in [7, 11) is 3.40. The van der Waals surface area contributed by atoms with Gasteiger partial charge in [-0.1, -0.05) is 19.1 Å². The second kappa shape index (κ2) is 11.0. The third kappa shape index (κ3) is 6.81. The Morgan fingerprint density at radius 1 is 1.21 bits per heavy atom. The normalized spacial score (nSPS) is 18.5. The molecule has 3 atom stereocenters. The van der Waals surface area contributed by atoms with E-state index in [-0.39, 0.29) is 24.3 Å². The van der Waals surface area contributed by atoms with E-state index in [1.54, 1.807) is 38.4 Å². The van der Waals surface area contributed by atoms with Crippen LogP contribution in [0.3, 0.4) is 0 Å². The predicted molar refractivity (Wildman–Crippen MR) is 125 cm³/mol. The zero-order valence-electron chi connectivity index (χ0n) is 19.4. The minimum absolute atomic E-state index is 0.0158. The molecule has 0 radical (unpaired) electrons. The molecule has 4 N–H and O–H groups in total. The van der Waals surface area contributed by atoms with Gasteiger partial charge in [-0.2, -0.15) is 5.10 Å². The lowest BCUT2D eigenvalue weighted by molar-refractivity contribution is -0.115. The van der Waals surface area contributed by atoms with Gasteiger partial charge in [0, 0.05) is 43.4 Å². The highest BCUT2D eigenvalue weighted by atomic mass is 16.4. The summed E-state index contributed by atoms with van der Waals surface area (Å²) in [4.78, 5) is 36.8. The van der Waals surface area contributed by atoms with E-state index in [2.05, 4.69) is 20.8 Å². The Bertz CT molecular complexity index is 969. The van der Waals surface area contributed by atoms with Crippen LogP contribution >= 0.6 is 0 Å². The van der Waals surface area contributed by atoms with Crippen LogP contribution in [0.2, 0.25) is 0 Å². The molecular formula is C24H33N5O4. The summed E-state index contributed by atoms with van der Waals surface area (Å²) in [6.07, 6.45) is 3.89. The lowest BCUT2D eigenvalue weighted by atomic mass is 9.95. The molecule has 33 heavy (non-hydrogen) atoms. The van der Waals surface area contributed by atoms with Crippen molar-refractivity contribution in [2.75, 3.05) is 19.4 Å². The number of carboxylic acid groups (broad SMARTS) is 1. The molecule has 1 fully saturated rings. The van der Waals surface area contributed by atoms with Crippen molar-refractivity contribution in [1.82, 2.24) is 20.4 Å². The molecule has 1 heterocycles. The zero-order valence-corrected chi connectivity index (χ0v) is 19.4.